The Labute approximate surface area is 216 Å². The molecule has 192 valence electrons. The van der Waals surface area contributed by atoms with Crippen molar-refractivity contribution in [3.63, 3.8) is 0 Å². The lowest BCUT2D eigenvalue weighted by Crippen LogP contribution is -2.57. The summed E-state index contributed by atoms with van der Waals surface area (Å²) < 4.78 is 5.52. The number of aromatic nitrogens is 1. The largest absolute Gasteiger partial charge is 0.379 e. The van der Waals surface area contributed by atoms with Crippen LogP contribution < -0.4 is 16.1 Å². The number of fused-ring (bicyclic) bond motifs is 1. The smallest absolute Gasteiger partial charge is 0.251 e. The Balaban J connectivity index is 1.14. The first-order valence-electron chi connectivity index (χ1n) is 13.0. The van der Waals surface area contributed by atoms with Crippen LogP contribution in [0.2, 0.25) is 5.15 Å². The van der Waals surface area contributed by atoms with Gasteiger partial charge < -0.3 is 15.4 Å². The van der Waals surface area contributed by atoms with E-state index in [9.17, 15) is 4.79 Å². The maximum absolute atomic E-state index is 13.2. The van der Waals surface area contributed by atoms with Gasteiger partial charge in [-0.15, -0.1) is 0 Å². The quantitative estimate of drug-likeness (QED) is 0.500. The second-order valence-corrected chi connectivity index (χ2v) is 10.5. The fourth-order valence-corrected chi connectivity index (χ4v) is 5.57. The molecule has 0 bridgehead atoms. The molecule has 2 aliphatic carbocycles. The van der Waals surface area contributed by atoms with Crippen LogP contribution in [0.25, 0.3) is 0 Å². The fourth-order valence-electron chi connectivity index (χ4n) is 5.40. The third-order valence-corrected chi connectivity index (χ3v) is 7.70. The molecule has 2 saturated carbocycles. The van der Waals surface area contributed by atoms with Crippen LogP contribution in [0.15, 0.2) is 40.1 Å². The molecule has 1 amide bonds. The summed E-state index contributed by atoms with van der Waals surface area (Å²) in [5.74, 6) is 1.41. The zero-order valence-electron chi connectivity index (χ0n) is 20.3. The Morgan fingerprint density at radius 1 is 1.17 bits per heavy atom. The van der Waals surface area contributed by atoms with Gasteiger partial charge in [0.05, 0.1) is 31.5 Å². The highest BCUT2D eigenvalue weighted by Crippen LogP contribution is 2.28. The summed E-state index contributed by atoms with van der Waals surface area (Å²) in [7, 11) is 0. The van der Waals surface area contributed by atoms with Gasteiger partial charge in [0.1, 0.15) is 11.0 Å². The van der Waals surface area contributed by atoms with Crippen molar-refractivity contribution in [2.75, 3.05) is 38.2 Å². The minimum atomic E-state index is -0.487. The standard InChI is InChI=1S/C25H33ClN8O2/c26-22-13-18(7-8-27-22)31-25(35)21-15-28-24-20(29-16-1-2-16)14-23(32-34(21)24)30-17-3-5-19(6-4-17)33-9-11-36-12-10-33/h7-8,13-14,16-17,19,21,29H,1-6,9-12,15H2,(H,30,32)(H,27,31,35). The highest BCUT2D eigenvalue weighted by atomic mass is 35.5. The summed E-state index contributed by atoms with van der Waals surface area (Å²) in [6, 6.07) is 4.26. The van der Waals surface area contributed by atoms with E-state index in [0.717, 1.165) is 82.2 Å². The van der Waals surface area contributed by atoms with Crippen LogP contribution in [0.4, 0.5) is 5.69 Å². The summed E-state index contributed by atoms with van der Waals surface area (Å²) in [4.78, 5) is 29.5. The van der Waals surface area contributed by atoms with Gasteiger partial charge in [-0.25, -0.2) is 4.98 Å². The molecular formula is C25H33ClN8O2. The molecule has 11 heteroatoms. The van der Waals surface area contributed by atoms with Gasteiger partial charge in [0.25, 0.3) is 5.91 Å². The highest BCUT2D eigenvalue weighted by Gasteiger charge is 2.40. The van der Waals surface area contributed by atoms with E-state index in [0.29, 0.717) is 29.5 Å². The van der Waals surface area contributed by atoms with Crippen LogP contribution in [-0.2, 0) is 9.53 Å². The Kier molecular flexibility index (Phi) is 6.81. The molecule has 1 aromatic heterocycles. The number of nitrogens with zero attached hydrogens (tertiary/aromatic N) is 5. The molecule has 0 aromatic carbocycles. The van der Waals surface area contributed by atoms with Crippen molar-refractivity contribution < 1.29 is 9.53 Å². The minimum Gasteiger partial charge on any atom is -0.379 e. The number of carbonyl (C=O) groups is 1. The summed E-state index contributed by atoms with van der Waals surface area (Å²) in [6.45, 7) is 4.13. The van der Waals surface area contributed by atoms with Gasteiger partial charge in [-0.2, -0.15) is 0 Å². The monoisotopic (exact) mass is 512 g/mol. The van der Waals surface area contributed by atoms with Crippen LogP contribution in [0.5, 0.6) is 0 Å². The van der Waals surface area contributed by atoms with E-state index in [1.165, 1.54) is 0 Å². The molecule has 10 nitrogen and oxygen atoms in total. The number of amidine groups is 2. The maximum Gasteiger partial charge on any atom is 0.251 e. The lowest BCUT2D eigenvalue weighted by atomic mass is 9.90. The Morgan fingerprint density at radius 3 is 2.72 bits per heavy atom. The molecule has 1 aromatic rings. The number of morpholine rings is 1. The number of aliphatic imine (C=N–C) groups is 2. The summed E-state index contributed by atoms with van der Waals surface area (Å²) in [6.07, 6.45) is 10.4. The second kappa shape index (κ2) is 10.4. The van der Waals surface area contributed by atoms with Crippen molar-refractivity contribution in [3.05, 3.63) is 35.3 Å². The molecule has 4 heterocycles. The number of pyridine rings is 1. The average Bonchev–Trinajstić information content (AvgIpc) is 3.60. The fraction of sp³-hybridized carbons (Fsp3) is 0.600. The van der Waals surface area contributed by atoms with E-state index < -0.39 is 6.04 Å². The van der Waals surface area contributed by atoms with E-state index in [2.05, 4.69) is 32.0 Å². The molecule has 0 spiro atoms. The first-order valence-corrected chi connectivity index (χ1v) is 13.4. The van der Waals surface area contributed by atoms with Crippen molar-refractivity contribution in [2.45, 2.75) is 62.7 Å². The predicted octanol–water partition coefficient (Wildman–Crippen LogP) is 1.95. The average molecular weight is 513 g/mol. The van der Waals surface area contributed by atoms with Crippen molar-refractivity contribution in [1.82, 2.24) is 25.6 Å². The lowest BCUT2D eigenvalue weighted by molar-refractivity contribution is -0.119. The first-order chi connectivity index (χ1) is 17.6. The van der Waals surface area contributed by atoms with E-state index >= 15 is 0 Å². The predicted molar refractivity (Wildman–Crippen MR) is 139 cm³/mol. The number of carbonyl (C=O) groups excluding carboxylic acids is 1. The summed E-state index contributed by atoms with van der Waals surface area (Å²) in [5, 5.41) is 8.74. The highest BCUT2D eigenvalue weighted by molar-refractivity contribution is 6.29. The molecule has 3 N–H and O–H groups in total. The summed E-state index contributed by atoms with van der Waals surface area (Å²) >= 11 is 5.99. The normalized spacial score (nSPS) is 29.8. The number of amides is 1. The second-order valence-electron chi connectivity index (χ2n) is 10.1. The Hall–Kier alpha value is -2.69. The molecule has 1 atom stereocenters. The number of hydrazine groups is 1. The van der Waals surface area contributed by atoms with Gasteiger partial charge in [0.2, 0.25) is 0 Å². The van der Waals surface area contributed by atoms with Crippen molar-refractivity contribution in [2.24, 2.45) is 9.98 Å². The third kappa shape index (κ3) is 5.35. The van der Waals surface area contributed by atoms with Crippen molar-refractivity contribution in [1.29, 1.82) is 0 Å². The van der Waals surface area contributed by atoms with Crippen LogP contribution in [-0.4, -0.2) is 89.5 Å². The topological polar surface area (TPSA) is 106 Å². The van der Waals surface area contributed by atoms with Crippen LogP contribution in [0, 0.1) is 0 Å². The molecule has 3 aliphatic heterocycles. The van der Waals surface area contributed by atoms with E-state index in [1.807, 2.05) is 5.01 Å². The van der Waals surface area contributed by atoms with Gasteiger partial charge in [-0.1, -0.05) is 11.6 Å². The molecule has 1 unspecified atom stereocenters. The minimum absolute atomic E-state index is 0.151. The van der Waals surface area contributed by atoms with Crippen LogP contribution in [0.3, 0.4) is 0 Å². The SMILES string of the molecule is O=C(Nc1ccnc(Cl)c1)C1CN=C2C(NC3CC3)=CC(=NC3CCC(N4CCOCC4)CC3)NN21. The molecule has 0 radical (unpaired) electrons. The van der Waals surface area contributed by atoms with Crippen molar-refractivity contribution in [3.8, 4) is 0 Å². The Bertz CT molecular complexity index is 1070. The Morgan fingerprint density at radius 2 is 1.97 bits per heavy atom. The molecule has 1 saturated heterocycles. The molecular weight excluding hydrogens is 480 g/mol. The third-order valence-electron chi connectivity index (χ3n) is 7.49. The zero-order valence-corrected chi connectivity index (χ0v) is 21.1. The summed E-state index contributed by atoms with van der Waals surface area (Å²) in [5.41, 5.74) is 4.96. The first kappa shape index (κ1) is 23.7. The molecule has 3 fully saturated rings. The number of hydrogen-bond donors (Lipinski definition) is 3. The zero-order chi connectivity index (χ0) is 24.5. The van der Waals surface area contributed by atoms with Gasteiger partial charge in [-0.05, 0) is 50.7 Å². The van der Waals surface area contributed by atoms with E-state index in [-0.39, 0.29) is 11.9 Å². The number of halogens is 1. The van der Waals surface area contributed by atoms with E-state index in [1.54, 1.807) is 18.3 Å². The molecule has 36 heavy (non-hydrogen) atoms. The van der Waals surface area contributed by atoms with Gasteiger partial charge in [0.15, 0.2) is 11.9 Å². The number of hydrogen-bond acceptors (Lipinski definition) is 8. The maximum atomic E-state index is 13.2. The van der Waals surface area contributed by atoms with Gasteiger partial charge in [0, 0.05) is 43.1 Å². The van der Waals surface area contributed by atoms with Crippen molar-refractivity contribution >= 4 is 34.9 Å². The molecule has 6 rings (SSSR count). The number of nitrogens with one attached hydrogen (secondary N) is 3. The van der Waals surface area contributed by atoms with Gasteiger partial charge in [-0.3, -0.25) is 30.1 Å². The number of ether oxygens (including phenoxy) is 1. The molecule has 5 aliphatic rings. The van der Waals surface area contributed by atoms with E-state index in [4.69, 9.17) is 26.3 Å². The van der Waals surface area contributed by atoms with Gasteiger partial charge >= 0.3 is 0 Å². The lowest BCUT2D eigenvalue weighted by Gasteiger charge is -2.38. The number of anilines is 1. The van der Waals surface area contributed by atoms with Crippen LogP contribution >= 0.6 is 11.6 Å². The van der Waals surface area contributed by atoms with Crippen LogP contribution in [0.1, 0.15) is 38.5 Å². The number of rotatable bonds is 6.